The molecule has 1 atom stereocenters. The van der Waals surface area contributed by atoms with Crippen molar-refractivity contribution < 1.29 is 19.4 Å². The predicted molar refractivity (Wildman–Crippen MR) is 102 cm³/mol. The maximum absolute atomic E-state index is 12.7. The van der Waals surface area contributed by atoms with E-state index in [0.717, 1.165) is 22.4 Å². The third-order valence-corrected chi connectivity index (χ3v) is 4.55. The van der Waals surface area contributed by atoms with Crippen molar-refractivity contribution in [1.82, 2.24) is 5.01 Å². The molecule has 27 heavy (non-hydrogen) atoms. The summed E-state index contributed by atoms with van der Waals surface area (Å²) in [7, 11) is 1.60. The van der Waals surface area contributed by atoms with Gasteiger partial charge in [-0.2, -0.15) is 5.10 Å². The van der Waals surface area contributed by atoms with Crippen molar-refractivity contribution in [1.29, 1.82) is 0 Å². The summed E-state index contributed by atoms with van der Waals surface area (Å²) in [6.45, 7) is 2.01. The average molecular weight is 366 g/mol. The van der Waals surface area contributed by atoms with Gasteiger partial charge in [0.05, 0.1) is 25.3 Å². The number of rotatable bonds is 6. The first kappa shape index (κ1) is 18.6. The lowest BCUT2D eigenvalue weighted by Crippen LogP contribution is -2.27. The molecule has 1 N–H and O–H groups in total. The number of hydrazone groups is 1. The molecule has 6 heteroatoms. The summed E-state index contributed by atoms with van der Waals surface area (Å²) in [5, 5.41) is 14.9. The molecule has 6 nitrogen and oxygen atoms in total. The van der Waals surface area contributed by atoms with E-state index in [2.05, 4.69) is 5.10 Å². The van der Waals surface area contributed by atoms with Crippen molar-refractivity contribution in [3.05, 3.63) is 65.2 Å². The fourth-order valence-electron chi connectivity index (χ4n) is 3.18. The molecule has 140 valence electrons. The highest BCUT2D eigenvalue weighted by Gasteiger charge is 2.33. The average Bonchev–Trinajstić information content (AvgIpc) is 3.12. The lowest BCUT2D eigenvalue weighted by molar-refractivity contribution is -0.141. The van der Waals surface area contributed by atoms with Gasteiger partial charge in [-0.3, -0.25) is 9.59 Å². The molecule has 0 saturated carbocycles. The number of hydrogen-bond donors (Lipinski definition) is 1. The van der Waals surface area contributed by atoms with Crippen LogP contribution in [0.1, 0.15) is 42.0 Å². The van der Waals surface area contributed by atoms with E-state index in [1.54, 1.807) is 7.11 Å². The number of carbonyl (C=O) groups excluding carboxylic acids is 1. The molecule has 1 amide bonds. The van der Waals surface area contributed by atoms with Crippen LogP contribution < -0.4 is 4.74 Å². The second-order valence-corrected chi connectivity index (χ2v) is 6.54. The molecule has 0 bridgehead atoms. The molecule has 0 radical (unpaired) electrons. The Morgan fingerprint density at radius 3 is 2.67 bits per heavy atom. The Bertz CT molecular complexity index is 891. The molecule has 0 fully saturated rings. The van der Waals surface area contributed by atoms with Gasteiger partial charge >= 0.3 is 5.97 Å². The first-order chi connectivity index (χ1) is 13.0. The van der Waals surface area contributed by atoms with Crippen LogP contribution in [-0.2, 0) is 9.59 Å². The number of carbonyl (C=O) groups is 2. The molecule has 2 aromatic rings. The molecule has 0 spiro atoms. The summed E-state index contributed by atoms with van der Waals surface area (Å²) < 4.78 is 5.30. The van der Waals surface area contributed by atoms with Crippen LogP contribution in [0.5, 0.6) is 5.75 Å². The lowest BCUT2D eigenvalue weighted by atomic mass is 9.97. The topological polar surface area (TPSA) is 79.2 Å². The largest absolute Gasteiger partial charge is 0.497 e. The maximum Gasteiger partial charge on any atom is 0.303 e. The first-order valence-electron chi connectivity index (χ1n) is 8.80. The summed E-state index contributed by atoms with van der Waals surface area (Å²) in [5.74, 6) is -0.592. The highest BCUT2D eigenvalue weighted by atomic mass is 16.5. The second-order valence-electron chi connectivity index (χ2n) is 6.54. The molecule has 0 unspecified atom stereocenters. The molecule has 0 aromatic heterocycles. The SMILES string of the molecule is COc1cccc([C@@H]2CC(c3cccc(C)c3)=NN2C(=O)CCC(=O)O)c1. The van der Waals surface area contributed by atoms with Crippen molar-refractivity contribution in [3.63, 3.8) is 0 Å². The zero-order valence-corrected chi connectivity index (χ0v) is 15.4. The van der Waals surface area contributed by atoms with Crippen LogP contribution in [0, 0.1) is 6.92 Å². The van der Waals surface area contributed by atoms with Gasteiger partial charge in [0.15, 0.2) is 0 Å². The second kappa shape index (κ2) is 8.03. The van der Waals surface area contributed by atoms with E-state index in [1.807, 2.05) is 55.5 Å². The molecule has 0 aliphatic carbocycles. The Labute approximate surface area is 158 Å². The minimum atomic E-state index is -0.997. The zero-order valence-electron chi connectivity index (χ0n) is 15.4. The van der Waals surface area contributed by atoms with Crippen molar-refractivity contribution in [2.24, 2.45) is 5.10 Å². The van der Waals surface area contributed by atoms with Gasteiger partial charge in [-0.1, -0.05) is 42.0 Å². The number of hydrogen-bond acceptors (Lipinski definition) is 4. The van der Waals surface area contributed by atoms with Gasteiger partial charge < -0.3 is 9.84 Å². The number of ether oxygens (including phenoxy) is 1. The van der Waals surface area contributed by atoms with E-state index in [1.165, 1.54) is 5.01 Å². The Morgan fingerprint density at radius 1 is 1.19 bits per heavy atom. The standard InChI is InChI=1S/C21H22N2O4/c1-14-5-3-6-15(11-14)18-13-19(16-7-4-8-17(12-16)27-2)23(22-18)20(24)9-10-21(25)26/h3-8,11-12,19H,9-10,13H2,1-2H3,(H,25,26)/t19-/m0/s1. The molecule has 1 heterocycles. The maximum atomic E-state index is 12.7. The van der Waals surface area contributed by atoms with E-state index in [4.69, 9.17) is 9.84 Å². The first-order valence-corrected chi connectivity index (χ1v) is 8.80. The van der Waals surface area contributed by atoms with Crippen molar-refractivity contribution in [2.75, 3.05) is 7.11 Å². The summed E-state index contributed by atoms with van der Waals surface area (Å²) in [5.41, 5.74) is 3.81. The Hall–Kier alpha value is -3.15. The van der Waals surface area contributed by atoms with Gasteiger partial charge in [0.2, 0.25) is 5.91 Å². The number of carboxylic acid groups (broad SMARTS) is 1. The molecule has 0 saturated heterocycles. The monoisotopic (exact) mass is 366 g/mol. The third-order valence-electron chi connectivity index (χ3n) is 4.55. The fourth-order valence-corrected chi connectivity index (χ4v) is 3.18. The zero-order chi connectivity index (χ0) is 19.4. The lowest BCUT2D eigenvalue weighted by Gasteiger charge is -2.22. The van der Waals surface area contributed by atoms with Crippen LogP contribution in [0.2, 0.25) is 0 Å². The predicted octanol–water partition coefficient (Wildman–Crippen LogP) is 3.55. The van der Waals surface area contributed by atoms with Crippen LogP contribution in [0.3, 0.4) is 0 Å². The van der Waals surface area contributed by atoms with Crippen LogP contribution in [0.15, 0.2) is 53.6 Å². The van der Waals surface area contributed by atoms with Gasteiger partial charge in [-0.05, 0) is 30.2 Å². The molecular formula is C21H22N2O4. The van der Waals surface area contributed by atoms with Gasteiger partial charge in [0.1, 0.15) is 5.75 Å². The minimum absolute atomic E-state index is 0.0829. The Balaban J connectivity index is 1.93. The van der Waals surface area contributed by atoms with Crippen LogP contribution in [0.25, 0.3) is 0 Å². The van der Waals surface area contributed by atoms with Crippen molar-refractivity contribution in [2.45, 2.75) is 32.2 Å². The third kappa shape index (κ3) is 4.34. The van der Waals surface area contributed by atoms with Crippen LogP contribution >= 0.6 is 0 Å². The number of carboxylic acids is 1. The summed E-state index contributed by atoms with van der Waals surface area (Å²) >= 11 is 0. The van der Waals surface area contributed by atoms with Crippen LogP contribution in [0.4, 0.5) is 0 Å². The van der Waals surface area contributed by atoms with Gasteiger partial charge in [-0.25, -0.2) is 5.01 Å². The van der Waals surface area contributed by atoms with E-state index >= 15 is 0 Å². The number of nitrogens with zero attached hydrogens (tertiary/aromatic N) is 2. The van der Waals surface area contributed by atoms with Gasteiger partial charge in [-0.15, -0.1) is 0 Å². The number of aryl methyl sites for hydroxylation is 1. The van der Waals surface area contributed by atoms with Crippen molar-refractivity contribution in [3.8, 4) is 5.75 Å². The highest BCUT2D eigenvalue weighted by molar-refractivity contribution is 6.03. The minimum Gasteiger partial charge on any atom is -0.497 e. The number of amides is 1. The summed E-state index contributed by atoms with van der Waals surface area (Å²) in [4.78, 5) is 23.5. The molecular weight excluding hydrogens is 344 g/mol. The smallest absolute Gasteiger partial charge is 0.303 e. The van der Waals surface area contributed by atoms with E-state index in [9.17, 15) is 9.59 Å². The molecule has 3 rings (SSSR count). The van der Waals surface area contributed by atoms with Crippen LogP contribution in [-0.4, -0.2) is 34.8 Å². The highest BCUT2D eigenvalue weighted by Crippen LogP contribution is 2.34. The van der Waals surface area contributed by atoms with Crippen molar-refractivity contribution >= 4 is 17.6 Å². The summed E-state index contributed by atoms with van der Waals surface area (Å²) in [6, 6.07) is 15.2. The number of methoxy groups -OCH3 is 1. The van der Waals surface area contributed by atoms with E-state index in [-0.39, 0.29) is 24.8 Å². The van der Waals surface area contributed by atoms with E-state index < -0.39 is 5.97 Å². The molecule has 2 aromatic carbocycles. The normalized spacial score (nSPS) is 16.1. The Morgan fingerprint density at radius 2 is 1.96 bits per heavy atom. The quantitative estimate of drug-likeness (QED) is 0.848. The van der Waals surface area contributed by atoms with E-state index in [0.29, 0.717) is 12.2 Å². The number of aliphatic carboxylic acids is 1. The Kier molecular flexibility index (Phi) is 5.54. The summed E-state index contributed by atoms with van der Waals surface area (Å²) in [6.07, 6.45) is 0.269. The van der Waals surface area contributed by atoms with Gasteiger partial charge in [0.25, 0.3) is 0 Å². The number of benzene rings is 2. The van der Waals surface area contributed by atoms with Gasteiger partial charge in [0, 0.05) is 12.8 Å². The molecule has 1 aliphatic rings. The fraction of sp³-hybridized carbons (Fsp3) is 0.286. The molecule has 1 aliphatic heterocycles.